The number of ether oxygens (including phenoxy) is 1. The van der Waals surface area contributed by atoms with Crippen molar-refractivity contribution in [2.45, 2.75) is 64.8 Å². The lowest BCUT2D eigenvalue weighted by atomic mass is 9.90. The second-order valence-corrected chi connectivity index (χ2v) is 6.09. The van der Waals surface area contributed by atoms with Crippen LogP contribution in [0.15, 0.2) is 18.5 Å². The van der Waals surface area contributed by atoms with Crippen molar-refractivity contribution >= 4 is 0 Å². The van der Waals surface area contributed by atoms with Crippen LogP contribution >= 0.6 is 0 Å². The highest BCUT2D eigenvalue weighted by Gasteiger charge is 2.19. The van der Waals surface area contributed by atoms with Crippen molar-refractivity contribution < 1.29 is 4.74 Å². The van der Waals surface area contributed by atoms with E-state index < -0.39 is 0 Å². The number of hydrogen-bond donors (Lipinski definition) is 1. The molecule has 1 saturated carbocycles. The van der Waals surface area contributed by atoms with E-state index in [1.165, 1.54) is 50.5 Å². The van der Waals surface area contributed by atoms with Gasteiger partial charge in [0.2, 0.25) is 0 Å². The van der Waals surface area contributed by atoms with Crippen molar-refractivity contribution in [2.75, 3.05) is 13.2 Å². The van der Waals surface area contributed by atoms with Crippen LogP contribution in [0.3, 0.4) is 0 Å². The Labute approximate surface area is 129 Å². The summed E-state index contributed by atoms with van der Waals surface area (Å²) in [5.41, 5.74) is 1.27. The van der Waals surface area contributed by atoms with Crippen molar-refractivity contribution in [3.8, 4) is 5.75 Å². The molecule has 3 nitrogen and oxygen atoms in total. The minimum atomic E-state index is 0.408. The summed E-state index contributed by atoms with van der Waals surface area (Å²) in [6.45, 7) is 5.88. The molecule has 0 radical (unpaired) electrons. The van der Waals surface area contributed by atoms with Gasteiger partial charge in [0.15, 0.2) is 0 Å². The number of pyridine rings is 1. The Morgan fingerprint density at radius 1 is 1.19 bits per heavy atom. The van der Waals surface area contributed by atoms with E-state index in [0.29, 0.717) is 12.6 Å². The zero-order valence-corrected chi connectivity index (χ0v) is 13.6. The molecule has 1 atom stereocenters. The lowest BCUT2D eigenvalue weighted by Crippen LogP contribution is -2.23. The molecule has 1 aromatic heterocycles. The Morgan fingerprint density at radius 2 is 1.95 bits per heavy atom. The molecule has 118 valence electrons. The fraction of sp³-hybridized carbons (Fsp3) is 0.722. The standard InChI is InChI=1S/C18H30N2O/c1-3-20-18(11-15-9-7-5-6-8-10-15)16-12-17(21-4-2)14-19-13-16/h12-15,18,20H,3-11H2,1-2H3. The molecule has 1 aromatic rings. The molecule has 0 aromatic carbocycles. The Morgan fingerprint density at radius 3 is 2.62 bits per heavy atom. The zero-order valence-electron chi connectivity index (χ0n) is 13.6. The number of rotatable bonds is 7. The Hall–Kier alpha value is -1.09. The summed E-state index contributed by atoms with van der Waals surface area (Å²) >= 11 is 0. The first-order valence-electron chi connectivity index (χ1n) is 8.64. The summed E-state index contributed by atoms with van der Waals surface area (Å²) in [5, 5.41) is 3.64. The predicted molar refractivity (Wildman–Crippen MR) is 87.6 cm³/mol. The van der Waals surface area contributed by atoms with Crippen molar-refractivity contribution in [1.82, 2.24) is 10.3 Å². The second-order valence-electron chi connectivity index (χ2n) is 6.09. The number of nitrogens with zero attached hydrogens (tertiary/aromatic N) is 1. The Kier molecular flexibility index (Phi) is 7.01. The van der Waals surface area contributed by atoms with Crippen LogP contribution < -0.4 is 10.1 Å². The zero-order chi connectivity index (χ0) is 14.9. The molecule has 1 N–H and O–H groups in total. The van der Waals surface area contributed by atoms with Gasteiger partial charge in [-0.3, -0.25) is 4.98 Å². The van der Waals surface area contributed by atoms with Gasteiger partial charge in [0.25, 0.3) is 0 Å². The quantitative estimate of drug-likeness (QED) is 0.751. The van der Waals surface area contributed by atoms with Gasteiger partial charge in [0.05, 0.1) is 12.8 Å². The largest absolute Gasteiger partial charge is 0.492 e. The van der Waals surface area contributed by atoms with Gasteiger partial charge in [0, 0.05) is 12.2 Å². The minimum absolute atomic E-state index is 0.408. The Bertz CT molecular complexity index is 400. The number of nitrogens with one attached hydrogen (secondary N) is 1. The summed E-state index contributed by atoms with van der Waals surface area (Å²) in [7, 11) is 0. The maximum atomic E-state index is 5.59. The van der Waals surface area contributed by atoms with Crippen LogP contribution in [0.5, 0.6) is 5.75 Å². The van der Waals surface area contributed by atoms with Crippen LogP contribution in [0.25, 0.3) is 0 Å². The molecule has 0 spiro atoms. The molecule has 21 heavy (non-hydrogen) atoms. The van der Waals surface area contributed by atoms with Gasteiger partial charge >= 0.3 is 0 Å². The second kappa shape index (κ2) is 9.04. The molecule has 2 rings (SSSR count). The van der Waals surface area contributed by atoms with Crippen LogP contribution in [0.1, 0.15) is 70.4 Å². The third kappa shape index (κ3) is 5.31. The fourth-order valence-corrected chi connectivity index (χ4v) is 3.39. The van der Waals surface area contributed by atoms with Gasteiger partial charge < -0.3 is 10.1 Å². The average Bonchev–Trinajstić information content (AvgIpc) is 2.76. The van der Waals surface area contributed by atoms with Crippen molar-refractivity contribution in [3.63, 3.8) is 0 Å². The molecule has 0 saturated heterocycles. The normalized spacial score (nSPS) is 18.2. The summed E-state index contributed by atoms with van der Waals surface area (Å²) < 4.78 is 5.59. The molecule has 0 bridgehead atoms. The van der Waals surface area contributed by atoms with Crippen molar-refractivity contribution in [1.29, 1.82) is 0 Å². The lowest BCUT2D eigenvalue weighted by Gasteiger charge is -2.24. The maximum Gasteiger partial charge on any atom is 0.137 e. The highest BCUT2D eigenvalue weighted by atomic mass is 16.5. The number of hydrogen-bond acceptors (Lipinski definition) is 3. The van der Waals surface area contributed by atoms with Crippen molar-refractivity contribution in [2.24, 2.45) is 5.92 Å². The van der Waals surface area contributed by atoms with E-state index in [1.54, 1.807) is 0 Å². The van der Waals surface area contributed by atoms with E-state index in [-0.39, 0.29) is 0 Å². The molecule has 1 heterocycles. The average molecular weight is 290 g/mol. The highest BCUT2D eigenvalue weighted by molar-refractivity contribution is 5.26. The third-order valence-corrected chi connectivity index (χ3v) is 4.44. The van der Waals surface area contributed by atoms with Gasteiger partial charge in [-0.15, -0.1) is 0 Å². The molecule has 1 aliphatic carbocycles. The Balaban J connectivity index is 2.04. The summed E-state index contributed by atoms with van der Waals surface area (Å²) in [6, 6.07) is 2.56. The highest BCUT2D eigenvalue weighted by Crippen LogP contribution is 2.31. The predicted octanol–water partition coefficient (Wildman–Crippen LogP) is 4.49. The number of aromatic nitrogens is 1. The molecule has 3 heteroatoms. The van der Waals surface area contributed by atoms with Gasteiger partial charge in [-0.25, -0.2) is 0 Å². The summed E-state index contributed by atoms with van der Waals surface area (Å²) in [4.78, 5) is 4.35. The molecule has 1 unspecified atom stereocenters. The van der Waals surface area contributed by atoms with E-state index in [9.17, 15) is 0 Å². The van der Waals surface area contributed by atoms with E-state index in [4.69, 9.17) is 4.74 Å². The van der Waals surface area contributed by atoms with E-state index >= 15 is 0 Å². The summed E-state index contributed by atoms with van der Waals surface area (Å²) in [6.07, 6.45) is 13.5. The fourth-order valence-electron chi connectivity index (χ4n) is 3.39. The molecule has 0 amide bonds. The monoisotopic (exact) mass is 290 g/mol. The molecule has 1 aliphatic rings. The molecule has 1 fully saturated rings. The maximum absolute atomic E-state index is 5.59. The molecular formula is C18H30N2O. The van der Waals surface area contributed by atoms with Gasteiger partial charge in [-0.2, -0.15) is 0 Å². The van der Waals surface area contributed by atoms with Crippen LogP contribution in [0.4, 0.5) is 0 Å². The smallest absolute Gasteiger partial charge is 0.137 e. The third-order valence-electron chi connectivity index (χ3n) is 4.44. The van der Waals surface area contributed by atoms with E-state index in [0.717, 1.165) is 18.2 Å². The topological polar surface area (TPSA) is 34.2 Å². The first kappa shape index (κ1) is 16.3. The molecule has 0 aliphatic heterocycles. The van der Waals surface area contributed by atoms with E-state index in [1.807, 2.05) is 19.3 Å². The first-order valence-corrected chi connectivity index (χ1v) is 8.64. The SMILES string of the molecule is CCNC(CC1CCCCCC1)c1cncc(OCC)c1. The summed E-state index contributed by atoms with van der Waals surface area (Å²) in [5.74, 6) is 1.74. The van der Waals surface area contributed by atoms with Crippen LogP contribution in [0, 0.1) is 5.92 Å². The van der Waals surface area contributed by atoms with Crippen LogP contribution in [-0.2, 0) is 0 Å². The van der Waals surface area contributed by atoms with Gasteiger partial charge in [-0.05, 0) is 37.4 Å². The lowest BCUT2D eigenvalue weighted by molar-refractivity contribution is 0.334. The van der Waals surface area contributed by atoms with E-state index in [2.05, 4.69) is 23.3 Å². The minimum Gasteiger partial charge on any atom is -0.492 e. The van der Waals surface area contributed by atoms with Crippen LogP contribution in [0.2, 0.25) is 0 Å². The van der Waals surface area contributed by atoms with Gasteiger partial charge in [-0.1, -0.05) is 45.4 Å². The molecular weight excluding hydrogens is 260 g/mol. The van der Waals surface area contributed by atoms with Crippen LogP contribution in [-0.4, -0.2) is 18.1 Å². The van der Waals surface area contributed by atoms with Crippen molar-refractivity contribution in [3.05, 3.63) is 24.0 Å². The first-order chi connectivity index (χ1) is 10.3. The van der Waals surface area contributed by atoms with Gasteiger partial charge in [0.1, 0.15) is 5.75 Å².